The summed E-state index contributed by atoms with van der Waals surface area (Å²) < 4.78 is 19.7. The SMILES string of the molecule is CC(C)(C)C1CC[C@](C)(C2[C@@H](O)C[C@@]3(C)C4C[C@H](OC5OC(CO)C(O)C(O)C5O)C5C(C)(C)[C@@H](O)CCC56CC46CC[C@]23C)O1. The molecule has 11 unspecified atom stereocenters. The molecule has 2 heterocycles. The molecule has 9 heteroatoms. The van der Waals surface area contributed by atoms with Gasteiger partial charge in [0.15, 0.2) is 6.29 Å². The van der Waals surface area contributed by atoms with Crippen molar-refractivity contribution >= 4 is 0 Å². The van der Waals surface area contributed by atoms with Crippen LogP contribution in [0.4, 0.5) is 0 Å². The minimum absolute atomic E-state index is 0.00526. The molecule has 0 aromatic rings. The van der Waals surface area contributed by atoms with Gasteiger partial charge in [0.1, 0.15) is 24.4 Å². The van der Waals surface area contributed by atoms with E-state index in [0.29, 0.717) is 12.8 Å². The minimum Gasteiger partial charge on any atom is -0.394 e. The van der Waals surface area contributed by atoms with E-state index in [4.69, 9.17) is 14.2 Å². The van der Waals surface area contributed by atoms with Gasteiger partial charge in [0.25, 0.3) is 0 Å². The third-order valence-electron chi connectivity index (χ3n) is 16.1. The molecule has 17 atom stereocenters. The van der Waals surface area contributed by atoms with Crippen molar-refractivity contribution in [1.29, 1.82) is 0 Å². The zero-order chi connectivity index (χ0) is 33.6. The number of fused-ring (bicyclic) bond motifs is 2. The van der Waals surface area contributed by atoms with E-state index in [-0.39, 0.29) is 57.0 Å². The molecular formula is C37H62O9. The van der Waals surface area contributed by atoms with Crippen LogP contribution in [0.5, 0.6) is 0 Å². The molecule has 264 valence electrons. The van der Waals surface area contributed by atoms with Gasteiger partial charge in [0.2, 0.25) is 0 Å². The third-order valence-corrected chi connectivity index (χ3v) is 16.1. The normalized spacial score (nSPS) is 59.3. The molecule has 0 aromatic heterocycles. The van der Waals surface area contributed by atoms with Crippen LogP contribution in [0.1, 0.15) is 113 Å². The maximum Gasteiger partial charge on any atom is 0.186 e. The van der Waals surface area contributed by atoms with E-state index in [2.05, 4.69) is 55.4 Å². The maximum atomic E-state index is 12.1. The second-order valence-corrected chi connectivity index (χ2v) is 19.4. The zero-order valence-corrected chi connectivity index (χ0v) is 29.4. The van der Waals surface area contributed by atoms with Gasteiger partial charge in [-0.25, -0.2) is 0 Å². The van der Waals surface area contributed by atoms with Crippen molar-refractivity contribution in [1.82, 2.24) is 0 Å². The molecule has 5 aliphatic carbocycles. The molecule has 7 rings (SSSR count). The van der Waals surface area contributed by atoms with Gasteiger partial charge in [-0.05, 0) is 109 Å². The predicted octanol–water partition coefficient (Wildman–Crippen LogP) is 3.54. The lowest BCUT2D eigenvalue weighted by Crippen LogP contribution is -2.64. The molecule has 7 fully saturated rings. The van der Waals surface area contributed by atoms with E-state index in [1.54, 1.807) is 0 Å². The van der Waals surface area contributed by atoms with Crippen molar-refractivity contribution in [3.05, 3.63) is 0 Å². The van der Waals surface area contributed by atoms with E-state index in [9.17, 15) is 30.6 Å². The van der Waals surface area contributed by atoms with Gasteiger partial charge in [-0.15, -0.1) is 0 Å². The van der Waals surface area contributed by atoms with Crippen molar-refractivity contribution in [2.45, 2.75) is 174 Å². The summed E-state index contributed by atoms with van der Waals surface area (Å²) in [5.74, 6) is 0.265. The highest BCUT2D eigenvalue weighted by atomic mass is 16.7. The Balaban J connectivity index is 1.26. The summed E-state index contributed by atoms with van der Waals surface area (Å²) in [7, 11) is 0. The fraction of sp³-hybridized carbons (Fsp3) is 1.00. The molecule has 6 N–H and O–H groups in total. The molecule has 0 amide bonds. The topological polar surface area (TPSA) is 149 Å². The molecule has 2 saturated heterocycles. The summed E-state index contributed by atoms with van der Waals surface area (Å²) in [6.45, 7) is 17.6. The standard InChI is InChI=1S/C37H62O9/c1-31(2,3)24-10-11-35(8,46-24)28-19(39)16-34(7)22-15-20(44-30-27(43)26(42)25(41)21(17-38)45-30)29-32(4,5)23(40)9-12-37(29)18-36(22,37)14-13-33(28,34)6/h19-30,38-43H,9-18H2,1-8H3/t19-,20-,21?,22?,23-,24?,25?,26?,27?,28?,29?,30?,33+,34-,35+,36?,37?/m0/s1. The van der Waals surface area contributed by atoms with Crippen molar-refractivity contribution in [2.24, 2.45) is 50.2 Å². The van der Waals surface area contributed by atoms with Crippen LogP contribution in [0.2, 0.25) is 0 Å². The summed E-state index contributed by atoms with van der Waals surface area (Å²) in [5, 5.41) is 65.5. The Bertz CT molecular complexity index is 1200. The van der Waals surface area contributed by atoms with Crippen LogP contribution in [-0.4, -0.2) is 98.0 Å². The quantitative estimate of drug-likeness (QED) is 0.251. The van der Waals surface area contributed by atoms with Gasteiger partial charge in [0.05, 0.1) is 36.6 Å². The van der Waals surface area contributed by atoms with Crippen LogP contribution in [-0.2, 0) is 14.2 Å². The first-order valence-corrected chi connectivity index (χ1v) is 18.2. The van der Waals surface area contributed by atoms with Crippen molar-refractivity contribution < 1.29 is 44.8 Å². The Morgan fingerprint density at radius 3 is 2.11 bits per heavy atom. The van der Waals surface area contributed by atoms with Gasteiger partial charge in [-0.2, -0.15) is 0 Å². The van der Waals surface area contributed by atoms with E-state index in [1.165, 1.54) is 0 Å². The third kappa shape index (κ3) is 4.25. The molecule has 5 saturated carbocycles. The maximum absolute atomic E-state index is 12.1. The Morgan fingerprint density at radius 1 is 0.783 bits per heavy atom. The highest BCUT2D eigenvalue weighted by Crippen LogP contribution is 2.89. The molecular weight excluding hydrogens is 588 g/mol. The number of hydrogen-bond acceptors (Lipinski definition) is 9. The minimum atomic E-state index is -1.51. The fourth-order valence-corrected chi connectivity index (χ4v) is 13.7. The smallest absolute Gasteiger partial charge is 0.186 e. The largest absolute Gasteiger partial charge is 0.394 e. The molecule has 9 nitrogen and oxygen atoms in total. The van der Waals surface area contributed by atoms with E-state index >= 15 is 0 Å². The van der Waals surface area contributed by atoms with Crippen LogP contribution < -0.4 is 0 Å². The number of hydrogen-bond donors (Lipinski definition) is 6. The van der Waals surface area contributed by atoms with Crippen molar-refractivity contribution in [3.63, 3.8) is 0 Å². The summed E-state index contributed by atoms with van der Waals surface area (Å²) in [4.78, 5) is 0. The number of aliphatic hydroxyl groups is 6. The van der Waals surface area contributed by atoms with Crippen LogP contribution in [0, 0.1) is 50.2 Å². The second-order valence-electron chi connectivity index (χ2n) is 19.4. The molecule has 2 aliphatic heterocycles. The first-order chi connectivity index (χ1) is 21.2. The fourth-order valence-electron chi connectivity index (χ4n) is 13.7. The van der Waals surface area contributed by atoms with Crippen LogP contribution in [0.3, 0.4) is 0 Å². The van der Waals surface area contributed by atoms with Crippen LogP contribution in [0.25, 0.3) is 0 Å². The summed E-state index contributed by atoms with van der Waals surface area (Å²) in [6, 6.07) is 0. The molecule has 46 heavy (non-hydrogen) atoms. The lowest BCUT2D eigenvalue weighted by atomic mass is 9.41. The average molecular weight is 651 g/mol. The zero-order valence-electron chi connectivity index (χ0n) is 29.4. The van der Waals surface area contributed by atoms with Gasteiger partial charge < -0.3 is 44.8 Å². The van der Waals surface area contributed by atoms with Gasteiger partial charge in [-0.3, -0.25) is 0 Å². The lowest BCUT2D eigenvalue weighted by Gasteiger charge is -2.65. The number of aliphatic hydroxyl groups excluding tert-OH is 6. The average Bonchev–Trinajstić information content (AvgIpc) is 3.33. The summed E-state index contributed by atoms with van der Waals surface area (Å²) >= 11 is 0. The predicted molar refractivity (Wildman–Crippen MR) is 170 cm³/mol. The van der Waals surface area contributed by atoms with E-state index in [0.717, 1.165) is 44.9 Å². The van der Waals surface area contributed by atoms with Gasteiger partial charge in [-0.1, -0.05) is 48.5 Å². The van der Waals surface area contributed by atoms with Gasteiger partial charge in [0, 0.05) is 5.92 Å². The van der Waals surface area contributed by atoms with Crippen LogP contribution >= 0.6 is 0 Å². The van der Waals surface area contributed by atoms with Crippen molar-refractivity contribution in [2.75, 3.05) is 6.61 Å². The molecule has 2 spiro atoms. The molecule has 0 radical (unpaired) electrons. The van der Waals surface area contributed by atoms with Gasteiger partial charge >= 0.3 is 0 Å². The highest BCUT2D eigenvalue weighted by molar-refractivity contribution is 5.33. The molecule has 0 aromatic carbocycles. The Labute approximate surface area is 275 Å². The molecule has 7 aliphatic rings. The Kier molecular flexibility index (Phi) is 7.67. The van der Waals surface area contributed by atoms with E-state index in [1.807, 2.05) is 0 Å². The number of rotatable bonds is 4. The first kappa shape index (κ1) is 34.1. The molecule has 0 bridgehead atoms. The second kappa shape index (κ2) is 10.3. The first-order valence-electron chi connectivity index (χ1n) is 18.2. The lowest BCUT2D eigenvalue weighted by molar-refractivity contribution is -0.331. The number of ether oxygens (including phenoxy) is 3. The van der Waals surface area contributed by atoms with Crippen LogP contribution in [0.15, 0.2) is 0 Å². The van der Waals surface area contributed by atoms with Crippen molar-refractivity contribution in [3.8, 4) is 0 Å². The summed E-state index contributed by atoms with van der Waals surface area (Å²) in [6.07, 6.45) is 0.313. The highest BCUT2D eigenvalue weighted by Gasteiger charge is 2.85. The Morgan fingerprint density at radius 2 is 1.48 bits per heavy atom. The monoisotopic (exact) mass is 650 g/mol. The Hall–Kier alpha value is -0.360. The van der Waals surface area contributed by atoms with E-state index < -0.39 is 60.5 Å². The summed E-state index contributed by atoms with van der Waals surface area (Å²) in [5.41, 5.74) is -1.10.